The Morgan fingerprint density at radius 2 is 1.11 bits per heavy atom. The molecule has 0 spiro atoms. The van der Waals surface area contributed by atoms with Crippen LogP contribution in [0.15, 0.2) is 162 Å². The molecule has 0 aliphatic heterocycles. The molecule has 0 saturated heterocycles. The molecule has 3 nitrogen and oxygen atoms in total. The van der Waals surface area contributed by atoms with Crippen LogP contribution in [0, 0.1) is 0 Å². The molecule has 4 heteroatoms. The third kappa shape index (κ3) is 4.38. The third-order valence-corrected chi connectivity index (χ3v) is 9.63. The van der Waals surface area contributed by atoms with Crippen molar-refractivity contribution in [3.63, 3.8) is 0 Å². The molecule has 3 heterocycles. The van der Waals surface area contributed by atoms with E-state index >= 15 is 0 Å². The number of hydrogen-bond donors (Lipinski definition) is 0. The molecule has 45 heavy (non-hydrogen) atoms. The lowest BCUT2D eigenvalue weighted by atomic mass is 9.94. The monoisotopic (exact) mass is 594 g/mol. The van der Waals surface area contributed by atoms with E-state index in [0.29, 0.717) is 0 Å². The first-order valence-electron chi connectivity index (χ1n) is 15.0. The van der Waals surface area contributed by atoms with Gasteiger partial charge in [0.15, 0.2) is 0 Å². The number of benzene rings is 6. The van der Waals surface area contributed by atoms with Gasteiger partial charge in [0.2, 0.25) is 0 Å². The lowest BCUT2D eigenvalue weighted by Crippen LogP contribution is -2.11. The first-order valence-corrected chi connectivity index (χ1v) is 15.9. The van der Waals surface area contributed by atoms with Crippen molar-refractivity contribution in [3.8, 4) is 22.3 Å². The van der Waals surface area contributed by atoms with Crippen LogP contribution in [-0.4, -0.2) is 4.98 Å². The van der Waals surface area contributed by atoms with Gasteiger partial charge in [0.25, 0.3) is 0 Å². The molecular formula is C41H26N2OS. The number of nitrogens with zero attached hydrogens (tertiary/aromatic N) is 2. The molecule has 0 N–H and O–H groups in total. The molecule has 0 bridgehead atoms. The van der Waals surface area contributed by atoms with E-state index in [1.165, 1.54) is 31.5 Å². The van der Waals surface area contributed by atoms with Gasteiger partial charge in [-0.15, -0.1) is 11.3 Å². The summed E-state index contributed by atoms with van der Waals surface area (Å²) in [6, 6.07) is 55.5. The first-order chi connectivity index (χ1) is 22.3. The number of pyridine rings is 1. The summed E-state index contributed by atoms with van der Waals surface area (Å²) in [6.45, 7) is 0. The molecule has 9 aromatic rings. The SMILES string of the molecule is c1ccc(-c2ccccc2-c2ccc(N(c3ccc4c(c3)oc3ccccc34)c3ccc4sc5ccccc5c4n3)cc2)cc1. The molecule has 0 aliphatic rings. The summed E-state index contributed by atoms with van der Waals surface area (Å²) in [7, 11) is 0. The number of para-hydroxylation sites is 1. The van der Waals surface area contributed by atoms with Gasteiger partial charge < -0.3 is 4.42 Å². The number of thiophene rings is 1. The minimum absolute atomic E-state index is 0.856. The van der Waals surface area contributed by atoms with E-state index in [4.69, 9.17) is 9.40 Å². The first kappa shape index (κ1) is 25.8. The highest BCUT2D eigenvalue weighted by Gasteiger charge is 2.18. The van der Waals surface area contributed by atoms with E-state index in [-0.39, 0.29) is 0 Å². The Morgan fingerprint density at radius 3 is 1.93 bits per heavy atom. The number of anilines is 3. The zero-order valence-electron chi connectivity index (χ0n) is 24.2. The fourth-order valence-electron chi connectivity index (χ4n) is 6.37. The molecule has 0 aliphatic carbocycles. The Labute approximate surface area is 264 Å². The Morgan fingerprint density at radius 1 is 0.467 bits per heavy atom. The molecule has 9 rings (SSSR count). The molecular weight excluding hydrogens is 569 g/mol. The lowest BCUT2D eigenvalue weighted by Gasteiger charge is -2.25. The van der Waals surface area contributed by atoms with E-state index in [2.05, 4.69) is 150 Å². The van der Waals surface area contributed by atoms with Gasteiger partial charge in [0.1, 0.15) is 17.0 Å². The van der Waals surface area contributed by atoms with E-state index in [1.54, 1.807) is 11.3 Å². The zero-order chi connectivity index (χ0) is 29.7. The van der Waals surface area contributed by atoms with E-state index in [0.717, 1.165) is 50.2 Å². The van der Waals surface area contributed by atoms with Gasteiger partial charge in [-0.3, -0.25) is 4.90 Å². The number of fused-ring (bicyclic) bond motifs is 6. The van der Waals surface area contributed by atoms with Crippen molar-refractivity contribution in [2.24, 2.45) is 0 Å². The molecule has 3 aromatic heterocycles. The van der Waals surface area contributed by atoms with Gasteiger partial charge >= 0.3 is 0 Å². The van der Waals surface area contributed by atoms with E-state index in [1.807, 2.05) is 12.1 Å². The number of rotatable bonds is 5. The highest BCUT2D eigenvalue weighted by Crippen LogP contribution is 2.41. The van der Waals surface area contributed by atoms with Crippen LogP contribution in [0.3, 0.4) is 0 Å². The van der Waals surface area contributed by atoms with Gasteiger partial charge in [0, 0.05) is 32.6 Å². The summed E-state index contributed by atoms with van der Waals surface area (Å²) in [4.78, 5) is 7.51. The van der Waals surface area contributed by atoms with Crippen molar-refractivity contribution < 1.29 is 4.42 Å². The number of furan rings is 1. The highest BCUT2D eigenvalue weighted by molar-refractivity contribution is 7.25. The molecule has 212 valence electrons. The fourth-order valence-corrected chi connectivity index (χ4v) is 7.41. The lowest BCUT2D eigenvalue weighted by molar-refractivity contribution is 0.669. The maximum Gasteiger partial charge on any atom is 0.138 e. The summed E-state index contributed by atoms with van der Waals surface area (Å²) in [5, 5.41) is 3.41. The second kappa shape index (κ2) is 10.5. The second-order valence-corrected chi connectivity index (χ2v) is 12.3. The predicted molar refractivity (Wildman–Crippen MR) is 190 cm³/mol. The molecule has 6 aromatic carbocycles. The van der Waals surface area contributed by atoms with Crippen LogP contribution >= 0.6 is 11.3 Å². The van der Waals surface area contributed by atoms with Crippen molar-refractivity contribution >= 4 is 70.8 Å². The Hall–Kier alpha value is -5.71. The van der Waals surface area contributed by atoms with Crippen molar-refractivity contribution in [2.45, 2.75) is 0 Å². The largest absolute Gasteiger partial charge is 0.456 e. The average molecular weight is 595 g/mol. The molecule has 0 fully saturated rings. The van der Waals surface area contributed by atoms with Gasteiger partial charge in [-0.25, -0.2) is 4.98 Å². The zero-order valence-corrected chi connectivity index (χ0v) is 25.0. The second-order valence-electron chi connectivity index (χ2n) is 11.2. The summed E-state index contributed by atoms with van der Waals surface area (Å²) >= 11 is 1.78. The van der Waals surface area contributed by atoms with Crippen molar-refractivity contribution in [2.75, 3.05) is 4.90 Å². The maximum absolute atomic E-state index is 6.32. The summed E-state index contributed by atoms with van der Waals surface area (Å²) in [5.41, 5.74) is 9.58. The maximum atomic E-state index is 6.32. The highest BCUT2D eigenvalue weighted by atomic mass is 32.1. The summed E-state index contributed by atoms with van der Waals surface area (Å²) in [6.07, 6.45) is 0. The molecule has 0 amide bonds. The van der Waals surface area contributed by atoms with Crippen molar-refractivity contribution in [1.82, 2.24) is 4.98 Å². The Bertz CT molecular complexity index is 2490. The predicted octanol–water partition coefficient (Wildman–Crippen LogP) is 12.2. The van der Waals surface area contributed by atoms with Crippen LogP contribution in [0.1, 0.15) is 0 Å². The van der Waals surface area contributed by atoms with Crippen molar-refractivity contribution in [3.05, 3.63) is 158 Å². The van der Waals surface area contributed by atoms with E-state index in [9.17, 15) is 0 Å². The van der Waals surface area contributed by atoms with Gasteiger partial charge in [0.05, 0.1) is 15.9 Å². The summed E-state index contributed by atoms with van der Waals surface area (Å²) < 4.78 is 8.74. The number of hydrogen-bond acceptors (Lipinski definition) is 4. The average Bonchev–Trinajstić information content (AvgIpc) is 3.67. The molecule has 0 atom stereocenters. The summed E-state index contributed by atoms with van der Waals surface area (Å²) in [5.74, 6) is 0.860. The normalized spacial score (nSPS) is 11.6. The van der Waals surface area contributed by atoms with Gasteiger partial charge in [-0.2, -0.15) is 0 Å². The standard InChI is InChI=1S/C41H26N2OS/c1-2-10-27(11-3-1)31-12-4-5-13-32(31)28-18-20-29(21-19-28)43(30-22-23-34-33-14-6-8-16-36(33)44-37(34)26-30)40-25-24-39-41(42-40)35-15-7-9-17-38(35)45-39/h1-26H. The molecule has 0 unspecified atom stereocenters. The van der Waals surface area contributed by atoms with Crippen LogP contribution in [0.4, 0.5) is 17.2 Å². The Balaban J connectivity index is 1.20. The van der Waals surface area contributed by atoms with Crippen LogP contribution in [-0.2, 0) is 0 Å². The Kier molecular flexibility index (Phi) is 6.00. The number of aromatic nitrogens is 1. The molecule has 0 radical (unpaired) electrons. The van der Waals surface area contributed by atoms with E-state index < -0.39 is 0 Å². The van der Waals surface area contributed by atoms with Gasteiger partial charge in [-0.1, -0.05) is 103 Å². The van der Waals surface area contributed by atoms with Crippen LogP contribution < -0.4 is 4.90 Å². The molecule has 0 saturated carbocycles. The fraction of sp³-hybridized carbons (Fsp3) is 0. The van der Waals surface area contributed by atoms with Crippen molar-refractivity contribution in [1.29, 1.82) is 0 Å². The third-order valence-electron chi connectivity index (χ3n) is 8.50. The topological polar surface area (TPSA) is 29.3 Å². The van der Waals surface area contributed by atoms with Gasteiger partial charge in [-0.05, 0) is 70.8 Å². The van der Waals surface area contributed by atoms with Crippen LogP contribution in [0.25, 0.3) is 64.5 Å². The minimum atomic E-state index is 0.856. The van der Waals surface area contributed by atoms with Crippen LogP contribution in [0.2, 0.25) is 0 Å². The smallest absolute Gasteiger partial charge is 0.138 e. The minimum Gasteiger partial charge on any atom is -0.456 e. The van der Waals surface area contributed by atoms with Crippen LogP contribution in [0.5, 0.6) is 0 Å². The quantitative estimate of drug-likeness (QED) is 0.198.